The lowest BCUT2D eigenvalue weighted by molar-refractivity contribution is 0.442. The van der Waals surface area contributed by atoms with E-state index in [2.05, 4.69) is 30.1 Å². The summed E-state index contributed by atoms with van der Waals surface area (Å²) in [6, 6.07) is 16.5. The van der Waals surface area contributed by atoms with Gasteiger partial charge >= 0.3 is 0 Å². The van der Waals surface area contributed by atoms with Crippen molar-refractivity contribution in [1.29, 1.82) is 0 Å². The maximum Gasteiger partial charge on any atom is 0.227 e. The predicted molar refractivity (Wildman–Crippen MR) is 98.8 cm³/mol. The molecule has 0 atom stereocenters. The van der Waals surface area contributed by atoms with E-state index in [4.69, 9.17) is 4.74 Å². The highest BCUT2D eigenvalue weighted by Gasteiger charge is 2.19. The number of hydrogen-bond donors (Lipinski definition) is 0. The molecule has 0 saturated heterocycles. The molecule has 0 bridgehead atoms. The Labute approximate surface area is 143 Å². The molecule has 1 heterocycles. The highest BCUT2D eigenvalue weighted by molar-refractivity contribution is 5.90. The Kier molecular flexibility index (Phi) is 4.20. The lowest BCUT2D eigenvalue weighted by atomic mass is 9.81. The van der Waals surface area contributed by atoms with Crippen LogP contribution in [0.4, 0.5) is 0 Å². The lowest BCUT2D eigenvalue weighted by Gasteiger charge is -2.24. The summed E-state index contributed by atoms with van der Waals surface area (Å²) < 4.78 is 6.02. The average Bonchev–Trinajstić information content (AvgIpc) is 2.64. The molecule has 0 N–H and O–H groups in total. The monoisotopic (exact) mass is 317 g/mol. The van der Waals surface area contributed by atoms with Gasteiger partial charge in [-0.1, -0.05) is 43.5 Å². The van der Waals surface area contributed by atoms with Crippen molar-refractivity contribution < 1.29 is 4.74 Å². The van der Waals surface area contributed by atoms with Crippen molar-refractivity contribution in [2.24, 2.45) is 0 Å². The molecule has 2 heteroatoms. The van der Waals surface area contributed by atoms with E-state index in [1.54, 1.807) is 0 Å². The van der Waals surface area contributed by atoms with Gasteiger partial charge in [-0.2, -0.15) is 0 Å². The van der Waals surface area contributed by atoms with Gasteiger partial charge in [-0.25, -0.2) is 4.98 Å². The Morgan fingerprint density at radius 2 is 1.67 bits per heavy atom. The van der Waals surface area contributed by atoms with E-state index in [1.807, 2.05) is 36.5 Å². The first-order chi connectivity index (χ1) is 11.8. The number of nitrogens with zero attached hydrogens (tertiary/aromatic N) is 1. The molecule has 0 amide bonds. The SMILES string of the molecule is Cc1c(C2CCCCC2)ccc2c(Oc3ccccc3)nccc12. The number of benzene rings is 2. The molecule has 1 aliphatic rings. The minimum atomic E-state index is 0.692. The minimum Gasteiger partial charge on any atom is -0.438 e. The zero-order chi connectivity index (χ0) is 16.4. The maximum atomic E-state index is 6.02. The van der Waals surface area contributed by atoms with Crippen LogP contribution in [-0.2, 0) is 0 Å². The van der Waals surface area contributed by atoms with Crippen LogP contribution in [0.25, 0.3) is 10.8 Å². The van der Waals surface area contributed by atoms with E-state index in [-0.39, 0.29) is 0 Å². The highest BCUT2D eigenvalue weighted by atomic mass is 16.5. The number of aromatic nitrogens is 1. The third-order valence-corrected chi connectivity index (χ3v) is 5.22. The average molecular weight is 317 g/mol. The topological polar surface area (TPSA) is 22.1 Å². The van der Waals surface area contributed by atoms with Crippen molar-refractivity contribution in [2.75, 3.05) is 0 Å². The number of fused-ring (bicyclic) bond motifs is 1. The van der Waals surface area contributed by atoms with Gasteiger partial charge in [-0.05, 0) is 66.5 Å². The molecule has 24 heavy (non-hydrogen) atoms. The third kappa shape index (κ3) is 2.89. The molecule has 1 aliphatic carbocycles. The number of pyridine rings is 1. The van der Waals surface area contributed by atoms with Gasteiger partial charge in [0.05, 0.1) is 0 Å². The third-order valence-electron chi connectivity index (χ3n) is 5.22. The fraction of sp³-hybridized carbons (Fsp3) is 0.318. The van der Waals surface area contributed by atoms with Gasteiger partial charge in [0, 0.05) is 11.6 Å². The highest BCUT2D eigenvalue weighted by Crippen LogP contribution is 2.38. The van der Waals surface area contributed by atoms with Crippen molar-refractivity contribution >= 4 is 10.8 Å². The first kappa shape index (κ1) is 15.2. The molecule has 1 saturated carbocycles. The maximum absolute atomic E-state index is 6.02. The molecule has 0 radical (unpaired) electrons. The predicted octanol–water partition coefficient (Wildman–Crippen LogP) is 6.38. The van der Waals surface area contributed by atoms with E-state index < -0.39 is 0 Å². The van der Waals surface area contributed by atoms with Crippen LogP contribution in [0, 0.1) is 6.92 Å². The molecule has 0 unspecified atom stereocenters. The molecule has 1 aromatic heterocycles. The lowest BCUT2D eigenvalue weighted by Crippen LogP contribution is -2.06. The fourth-order valence-corrected chi connectivity index (χ4v) is 3.93. The van der Waals surface area contributed by atoms with E-state index in [0.717, 1.165) is 17.1 Å². The van der Waals surface area contributed by atoms with Crippen LogP contribution in [0.1, 0.15) is 49.1 Å². The summed E-state index contributed by atoms with van der Waals surface area (Å²) in [5.74, 6) is 2.23. The standard InChI is InChI=1S/C22H23NO/c1-16-19(17-8-4-2-5-9-17)12-13-21-20(16)14-15-23-22(21)24-18-10-6-3-7-11-18/h3,6-7,10-15,17H,2,4-5,8-9H2,1H3. The number of rotatable bonds is 3. The summed E-state index contributed by atoms with van der Waals surface area (Å²) in [4.78, 5) is 4.46. The van der Waals surface area contributed by atoms with Crippen LogP contribution in [0.15, 0.2) is 54.7 Å². The van der Waals surface area contributed by atoms with Crippen LogP contribution in [0.2, 0.25) is 0 Å². The quantitative estimate of drug-likeness (QED) is 0.559. The summed E-state index contributed by atoms with van der Waals surface area (Å²) in [7, 11) is 0. The minimum absolute atomic E-state index is 0.692. The Balaban J connectivity index is 1.74. The van der Waals surface area contributed by atoms with Crippen molar-refractivity contribution in [3.8, 4) is 11.6 Å². The fourth-order valence-electron chi connectivity index (χ4n) is 3.93. The molecule has 3 aromatic rings. The van der Waals surface area contributed by atoms with Crippen LogP contribution in [0.3, 0.4) is 0 Å². The number of para-hydroxylation sites is 1. The van der Waals surface area contributed by atoms with E-state index in [9.17, 15) is 0 Å². The van der Waals surface area contributed by atoms with Crippen LogP contribution in [0.5, 0.6) is 11.6 Å². The second kappa shape index (κ2) is 6.64. The van der Waals surface area contributed by atoms with E-state index >= 15 is 0 Å². The van der Waals surface area contributed by atoms with Gasteiger partial charge in [0.1, 0.15) is 5.75 Å². The number of ether oxygens (including phenoxy) is 1. The summed E-state index contributed by atoms with van der Waals surface area (Å²) in [6.07, 6.45) is 8.62. The summed E-state index contributed by atoms with van der Waals surface area (Å²) in [5.41, 5.74) is 2.90. The largest absolute Gasteiger partial charge is 0.438 e. The van der Waals surface area contributed by atoms with Gasteiger partial charge < -0.3 is 4.74 Å². The van der Waals surface area contributed by atoms with Crippen molar-refractivity contribution in [2.45, 2.75) is 44.9 Å². The van der Waals surface area contributed by atoms with Crippen LogP contribution in [-0.4, -0.2) is 4.98 Å². The van der Waals surface area contributed by atoms with E-state index in [0.29, 0.717) is 5.88 Å². The first-order valence-electron chi connectivity index (χ1n) is 8.94. The number of aryl methyl sites for hydroxylation is 1. The molecule has 0 aliphatic heterocycles. The molecule has 122 valence electrons. The molecule has 1 fully saturated rings. The first-order valence-corrected chi connectivity index (χ1v) is 8.94. The summed E-state index contributed by atoms with van der Waals surface area (Å²) >= 11 is 0. The molecule has 0 spiro atoms. The number of hydrogen-bond acceptors (Lipinski definition) is 2. The van der Waals surface area contributed by atoms with Gasteiger partial charge in [-0.15, -0.1) is 0 Å². The van der Waals surface area contributed by atoms with Gasteiger partial charge in [-0.3, -0.25) is 0 Å². The van der Waals surface area contributed by atoms with Crippen LogP contribution >= 0.6 is 0 Å². The Morgan fingerprint density at radius 3 is 2.46 bits per heavy atom. The summed E-state index contributed by atoms with van der Waals surface area (Å²) in [5, 5.41) is 2.36. The Hall–Kier alpha value is -2.35. The van der Waals surface area contributed by atoms with Crippen molar-refractivity contribution in [3.63, 3.8) is 0 Å². The van der Waals surface area contributed by atoms with Crippen molar-refractivity contribution in [1.82, 2.24) is 4.98 Å². The van der Waals surface area contributed by atoms with Gasteiger partial charge in [0.2, 0.25) is 5.88 Å². The molecule has 4 rings (SSSR count). The zero-order valence-electron chi connectivity index (χ0n) is 14.2. The second-order valence-electron chi connectivity index (χ2n) is 6.74. The summed E-state index contributed by atoms with van der Waals surface area (Å²) in [6.45, 7) is 2.25. The van der Waals surface area contributed by atoms with Gasteiger partial charge in [0.25, 0.3) is 0 Å². The van der Waals surface area contributed by atoms with E-state index in [1.165, 1.54) is 48.6 Å². The molecular formula is C22H23NO. The second-order valence-corrected chi connectivity index (χ2v) is 6.74. The zero-order valence-corrected chi connectivity index (χ0v) is 14.2. The Bertz CT molecular complexity index is 835. The normalized spacial score (nSPS) is 15.5. The smallest absolute Gasteiger partial charge is 0.227 e. The Morgan fingerprint density at radius 1 is 0.875 bits per heavy atom. The van der Waals surface area contributed by atoms with Crippen molar-refractivity contribution in [3.05, 3.63) is 65.9 Å². The molecule has 2 aromatic carbocycles. The molecule has 2 nitrogen and oxygen atoms in total. The molecular weight excluding hydrogens is 294 g/mol. The van der Waals surface area contributed by atoms with Gasteiger partial charge in [0.15, 0.2) is 0 Å². The van der Waals surface area contributed by atoms with Crippen LogP contribution < -0.4 is 4.74 Å².